The lowest BCUT2D eigenvalue weighted by Crippen LogP contribution is -2.41. The average molecular weight is 397 g/mol. The smallest absolute Gasteiger partial charge is 0.269 e. The molecule has 3 N–H and O–H groups in total. The largest absolute Gasteiger partial charge is 0.494 e. The van der Waals surface area contributed by atoms with Gasteiger partial charge in [0.25, 0.3) is 11.6 Å². The average Bonchev–Trinajstić information content (AvgIpc) is 3.23. The minimum absolute atomic E-state index is 0.00580. The maximum absolute atomic E-state index is 12.4. The van der Waals surface area contributed by atoms with Crippen LogP contribution < -0.4 is 21.0 Å². The van der Waals surface area contributed by atoms with E-state index in [-0.39, 0.29) is 17.6 Å². The van der Waals surface area contributed by atoms with Crippen molar-refractivity contribution in [1.29, 1.82) is 0 Å². The molecule has 0 spiro atoms. The van der Waals surface area contributed by atoms with Crippen LogP contribution in [-0.4, -0.2) is 29.2 Å². The van der Waals surface area contributed by atoms with Gasteiger partial charge in [-0.3, -0.25) is 14.9 Å². The van der Waals surface area contributed by atoms with Gasteiger partial charge in [-0.25, -0.2) is 16.3 Å². The van der Waals surface area contributed by atoms with Gasteiger partial charge in [0.15, 0.2) is 0 Å². The molecule has 9 nitrogen and oxygen atoms in total. The summed E-state index contributed by atoms with van der Waals surface area (Å²) in [6.45, 7) is 4.25. The molecule has 0 aliphatic carbocycles. The summed E-state index contributed by atoms with van der Waals surface area (Å²) in [6.07, 6.45) is 0.563. The third-order valence-electron chi connectivity index (χ3n) is 4.62. The van der Waals surface area contributed by atoms with E-state index >= 15 is 0 Å². The van der Waals surface area contributed by atoms with Gasteiger partial charge >= 0.3 is 0 Å². The highest BCUT2D eigenvalue weighted by Gasteiger charge is 2.30. The summed E-state index contributed by atoms with van der Waals surface area (Å²) in [5.74, 6) is 0.533. The topological polar surface area (TPSA) is 118 Å². The lowest BCUT2D eigenvalue weighted by Gasteiger charge is -2.11. The molecule has 1 aliphatic heterocycles. The molecular formula is C20H23N5O4. The molecule has 0 bridgehead atoms. The Bertz CT molecular complexity index is 913. The van der Waals surface area contributed by atoms with Crippen molar-refractivity contribution in [3.8, 4) is 5.75 Å². The summed E-state index contributed by atoms with van der Waals surface area (Å²) in [7, 11) is 0. The summed E-state index contributed by atoms with van der Waals surface area (Å²) >= 11 is 0. The molecule has 2 aromatic carbocycles. The molecule has 1 saturated heterocycles. The number of nitrogens with one attached hydrogen (secondary N) is 3. The second-order valence-electron chi connectivity index (χ2n) is 6.61. The van der Waals surface area contributed by atoms with Crippen molar-refractivity contribution < 1.29 is 14.5 Å². The van der Waals surface area contributed by atoms with Gasteiger partial charge in [0, 0.05) is 18.2 Å². The molecule has 152 valence electrons. The number of benzene rings is 2. The van der Waals surface area contributed by atoms with E-state index in [1.54, 1.807) is 19.1 Å². The standard InChI is InChI=1S/C20H23N5O4/c1-3-29-17-6-4-5-15(11-17)18-12-19(23-22-18)20(26)24-21-13(2)14-7-9-16(10-8-14)25(27)28/h4-11,18-19,22-23H,3,12H2,1-2H3,(H,24,26)/b21-13+. The number of hydrazone groups is 1. The van der Waals surface area contributed by atoms with Gasteiger partial charge in [-0.15, -0.1) is 0 Å². The van der Waals surface area contributed by atoms with Crippen LogP contribution in [0, 0.1) is 10.1 Å². The number of hydrazine groups is 1. The quantitative estimate of drug-likeness (QED) is 0.375. The Morgan fingerprint density at radius 2 is 2.03 bits per heavy atom. The fraction of sp³-hybridized carbons (Fsp3) is 0.300. The molecule has 9 heteroatoms. The van der Waals surface area contributed by atoms with Crippen LogP contribution in [0.5, 0.6) is 5.75 Å². The zero-order valence-electron chi connectivity index (χ0n) is 16.2. The zero-order chi connectivity index (χ0) is 20.8. The van der Waals surface area contributed by atoms with E-state index in [1.807, 2.05) is 31.2 Å². The molecule has 3 rings (SSSR count). The van der Waals surface area contributed by atoms with E-state index in [4.69, 9.17) is 4.74 Å². The predicted molar refractivity (Wildman–Crippen MR) is 108 cm³/mol. The third-order valence-corrected chi connectivity index (χ3v) is 4.62. The van der Waals surface area contributed by atoms with Gasteiger partial charge in [0.2, 0.25) is 0 Å². The summed E-state index contributed by atoms with van der Waals surface area (Å²) < 4.78 is 5.53. The van der Waals surface area contributed by atoms with Crippen molar-refractivity contribution in [1.82, 2.24) is 16.3 Å². The van der Waals surface area contributed by atoms with Crippen molar-refractivity contribution in [2.45, 2.75) is 32.4 Å². The molecular weight excluding hydrogens is 374 g/mol. The number of non-ortho nitro benzene ring substituents is 1. The third kappa shape index (κ3) is 5.15. The normalized spacial score (nSPS) is 19.0. The van der Waals surface area contributed by atoms with Crippen molar-refractivity contribution in [3.63, 3.8) is 0 Å². The minimum atomic E-state index is -0.461. The summed E-state index contributed by atoms with van der Waals surface area (Å²) in [6, 6.07) is 13.3. The summed E-state index contributed by atoms with van der Waals surface area (Å²) in [4.78, 5) is 22.7. The number of hydrogen-bond donors (Lipinski definition) is 3. The summed E-state index contributed by atoms with van der Waals surface area (Å²) in [5.41, 5.74) is 11.0. The first-order valence-corrected chi connectivity index (χ1v) is 9.30. The van der Waals surface area contributed by atoms with Crippen molar-refractivity contribution in [2.24, 2.45) is 5.10 Å². The molecule has 2 aromatic rings. The molecule has 0 radical (unpaired) electrons. The second-order valence-corrected chi connectivity index (χ2v) is 6.61. The molecule has 1 heterocycles. The lowest BCUT2D eigenvalue weighted by molar-refractivity contribution is -0.384. The van der Waals surface area contributed by atoms with Crippen LogP contribution >= 0.6 is 0 Å². The van der Waals surface area contributed by atoms with E-state index in [0.29, 0.717) is 24.3 Å². The summed E-state index contributed by atoms with van der Waals surface area (Å²) in [5, 5.41) is 14.8. The Morgan fingerprint density at radius 1 is 1.28 bits per heavy atom. The highest BCUT2D eigenvalue weighted by molar-refractivity contribution is 5.99. The first-order chi connectivity index (χ1) is 14.0. The molecule has 0 aromatic heterocycles. The van der Waals surface area contributed by atoms with Crippen molar-refractivity contribution >= 4 is 17.3 Å². The Kier molecular flexibility index (Phi) is 6.53. The highest BCUT2D eigenvalue weighted by atomic mass is 16.6. The second kappa shape index (κ2) is 9.26. The van der Waals surface area contributed by atoms with Crippen LogP contribution in [0.2, 0.25) is 0 Å². The highest BCUT2D eigenvalue weighted by Crippen LogP contribution is 2.25. The molecule has 1 aliphatic rings. The number of ether oxygens (including phenoxy) is 1. The number of hydrogen-bond acceptors (Lipinski definition) is 7. The Hall–Kier alpha value is -3.30. The number of nitro groups is 1. The number of carbonyl (C=O) groups excluding carboxylic acids is 1. The molecule has 0 saturated carbocycles. The van der Waals surface area contributed by atoms with E-state index in [9.17, 15) is 14.9 Å². The van der Waals surface area contributed by atoms with Gasteiger partial charge in [0.05, 0.1) is 17.2 Å². The van der Waals surface area contributed by atoms with Gasteiger partial charge < -0.3 is 4.74 Å². The molecule has 1 amide bonds. The number of amides is 1. The molecule has 2 atom stereocenters. The molecule has 29 heavy (non-hydrogen) atoms. The molecule has 2 unspecified atom stereocenters. The first kappa shape index (κ1) is 20.4. The van der Waals surface area contributed by atoms with Gasteiger partial charge in [0.1, 0.15) is 11.8 Å². The van der Waals surface area contributed by atoms with Gasteiger partial charge in [-0.2, -0.15) is 5.10 Å². The van der Waals surface area contributed by atoms with E-state index in [0.717, 1.165) is 11.3 Å². The Morgan fingerprint density at radius 3 is 2.72 bits per heavy atom. The predicted octanol–water partition coefficient (Wildman–Crippen LogP) is 2.44. The number of nitro benzene ring substituents is 1. The first-order valence-electron chi connectivity index (χ1n) is 9.30. The fourth-order valence-corrected chi connectivity index (χ4v) is 3.04. The van der Waals surface area contributed by atoms with Crippen LogP contribution in [0.25, 0.3) is 0 Å². The maximum Gasteiger partial charge on any atom is 0.269 e. The maximum atomic E-state index is 12.4. The van der Waals surface area contributed by atoms with Crippen LogP contribution in [0.15, 0.2) is 53.6 Å². The number of rotatable bonds is 7. The number of nitrogens with zero attached hydrogens (tertiary/aromatic N) is 2. The van der Waals surface area contributed by atoms with Crippen molar-refractivity contribution in [3.05, 3.63) is 69.8 Å². The van der Waals surface area contributed by atoms with Crippen LogP contribution in [0.3, 0.4) is 0 Å². The van der Waals surface area contributed by atoms with Crippen LogP contribution in [0.4, 0.5) is 5.69 Å². The SMILES string of the molecule is CCOc1cccc(C2CC(C(=O)N/N=C(\C)c3ccc([N+](=O)[O-])cc3)NN2)c1. The van der Waals surface area contributed by atoms with Crippen LogP contribution in [-0.2, 0) is 4.79 Å². The van der Waals surface area contributed by atoms with Gasteiger partial charge in [-0.05, 0) is 55.7 Å². The zero-order valence-corrected chi connectivity index (χ0v) is 16.2. The lowest BCUT2D eigenvalue weighted by atomic mass is 10.0. The van der Waals surface area contributed by atoms with Gasteiger partial charge in [-0.1, -0.05) is 12.1 Å². The fourth-order valence-electron chi connectivity index (χ4n) is 3.04. The van der Waals surface area contributed by atoms with E-state index in [2.05, 4.69) is 21.4 Å². The molecule has 1 fully saturated rings. The van der Waals surface area contributed by atoms with Crippen LogP contribution in [0.1, 0.15) is 37.4 Å². The Labute approximate surface area is 168 Å². The number of carbonyl (C=O) groups is 1. The monoisotopic (exact) mass is 397 g/mol. The van der Waals surface area contributed by atoms with Crippen molar-refractivity contribution in [2.75, 3.05) is 6.61 Å². The minimum Gasteiger partial charge on any atom is -0.494 e. The van der Waals surface area contributed by atoms with E-state index in [1.165, 1.54) is 12.1 Å². The van der Waals surface area contributed by atoms with E-state index < -0.39 is 11.0 Å². The Balaban J connectivity index is 1.58.